The van der Waals surface area contributed by atoms with Crippen LogP contribution in [0.25, 0.3) is 0 Å². The number of halogens is 3. The number of nitrogens with one attached hydrogen (secondary N) is 1. The van der Waals surface area contributed by atoms with Crippen molar-refractivity contribution < 1.29 is 22.7 Å². The Morgan fingerprint density at radius 3 is 2.45 bits per heavy atom. The van der Waals surface area contributed by atoms with Gasteiger partial charge in [-0.15, -0.1) is 0 Å². The number of hydrogen-bond acceptors (Lipinski definition) is 4. The lowest BCUT2D eigenvalue weighted by atomic mass is 10.2. The second-order valence-electron chi connectivity index (χ2n) is 3.61. The fraction of sp³-hybridized carbons (Fsp3) is 0.231. The Kier molecular flexibility index (Phi) is 5.15. The first-order chi connectivity index (χ1) is 9.38. The molecule has 0 spiro atoms. The van der Waals surface area contributed by atoms with E-state index in [4.69, 9.17) is 5.26 Å². The summed E-state index contributed by atoms with van der Waals surface area (Å²) in [6.45, 7) is 1.72. The van der Waals surface area contributed by atoms with Gasteiger partial charge in [0.15, 0.2) is 5.57 Å². The van der Waals surface area contributed by atoms with Crippen LogP contribution in [0.4, 0.5) is 18.9 Å². The van der Waals surface area contributed by atoms with Crippen LogP contribution in [0, 0.1) is 11.3 Å². The van der Waals surface area contributed by atoms with Crippen molar-refractivity contribution in [2.75, 3.05) is 11.9 Å². The van der Waals surface area contributed by atoms with Crippen molar-refractivity contribution in [2.24, 2.45) is 0 Å². The first-order valence-electron chi connectivity index (χ1n) is 5.59. The number of nitrogens with zero attached hydrogens (tertiary/aromatic N) is 1. The molecule has 0 aliphatic heterocycles. The highest BCUT2D eigenvalue weighted by molar-refractivity contribution is 5.93. The lowest BCUT2D eigenvalue weighted by molar-refractivity contribution is -0.138. The van der Waals surface area contributed by atoms with Crippen LogP contribution in [-0.4, -0.2) is 12.6 Å². The van der Waals surface area contributed by atoms with Gasteiger partial charge in [-0.1, -0.05) is 0 Å². The summed E-state index contributed by atoms with van der Waals surface area (Å²) in [5.74, 6) is -0.797. The predicted octanol–water partition coefficient (Wildman–Crippen LogP) is 3.09. The zero-order valence-electron chi connectivity index (χ0n) is 10.5. The molecule has 0 saturated heterocycles. The molecule has 4 nitrogen and oxygen atoms in total. The largest absolute Gasteiger partial charge is 0.462 e. The van der Waals surface area contributed by atoms with Gasteiger partial charge in [0.2, 0.25) is 0 Å². The summed E-state index contributed by atoms with van der Waals surface area (Å²) in [5, 5.41) is 11.3. The number of nitriles is 1. The Hall–Kier alpha value is -2.49. The summed E-state index contributed by atoms with van der Waals surface area (Å²) in [4.78, 5) is 11.3. The number of alkyl halides is 3. The Bertz CT molecular complexity index is 542. The first-order valence-corrected chi connectivity index (χ1v) is 5.59. The van der Waals surface area contributed by atoms with Crippen LogP contribution in [0.15, 0.2) is 36.0 Å². The standard InChI is InChI=1S/C13H11F3N2O2/c1-2-20-12(19)9(7-17)8-18-11-5-3-10(4-6-11)13(14,15)16/h3-6,8,18H,2H2,1H3/b9-8+. The van der Waals surface area contributed by atoms with E-state index in [1.807, 2.05) is 0 Å². The molecule has 7 heteroatoms. The molecule has 0 aliphatic carbocycles. The topological polar surface area (TPSA) is 62.1 Å². The average molecular weight is 284 g/mol. The van der Waals surface area contributed by atoms with Crippen LogP contribution in [-0.2, 0) is 15.7 Å². The molecule has 1 aromatic rings. The molecule has 0 heterocycles. The number of ether oxygens (including phenoxy) is 1. The molecule has 0 aromatic heterocycles. The minimum atomic E-state index is -4.41. The van der Waals surface area contributed by atoms with Crippen LogP contribution in [0.2, 0.25) is 0 Å². The van der Waals surface area contributed by atoms with Crippen molar-refractivity contribution in [1.29, 1.82) is 5.26 Å². The van der Waals surface area contributed by atoms with Crippen molar-refractivity contribution in [1.82, 2.24) is 0 Å². The van der Waals surface area contributed by atoms with Crippen LogP contribution in [0.5, 0.6) is 0 Å². The fourth-order valence-corrected chi connectivity index (χ4v) is 1.26. The lowest BCUT2D eigenvalue weighted by Gasteiger charge is -2.07. The number of rotatable bonds is 4. The molecule has 1 aromatic carbocycles. The van der Waals surface area contributed by atoms with E-state index in [0.717, 1.165) is 18.3 Å². The maximum atomic E-state index is 12.3. The van der Waals surface area contributed by atoms with Crippen LogP contribution < -0.4 is 5.32 Å². The molecule has 0 bridgehead atoms. The van der Waals surface area contributed by atoms with Gasteiger partial charge in [0.1, 0.15) is 6.07 Å². The van der Waals surface area contributed by atoms with Crippen molar-refractivity contribution in [2.45, 2.75) is 13.1 Å². The maximum absolute atomic E-state index is 12.3. The number of anilines is 1. The zero-order chi connectivity index (χ0) is 15.2. The molecule has 106 valence electrons. The van der Waals surface area contributed by atoms with E-state index in [2.05, 4.69) is 10.1 Å². The SMILES string of the molecule is CCOC(=O)/C(C#N)=C/Nc1ccc(C(F)(F)F)cc1. The van der Waals surface area contributed by atoms with Crippen molar-refractivity contribution >= 4 is 11.7 Å². The summed E-state index contributed by atoms with van der Waals surface area (Å²) >= 11 is 0. The van der Waals surface area contributed by atoms with Gasteiger partial charge >= 0.3 is 12.1 Å². The van der Waals surface area contributed by atoms with Crippen LogP contribution in [0.1, 0.15) is 12.5 Å². The van der Waals surface area contributed by atoms with Gasteiger partial charge in [0.25, 0.3) is 0 Å². The zero-order valence-corrected chi connectivity index (χ0v) is 10.5. The first kappa shape index (κ1) is 15.6. The molecule has 1 rings (SSSR count). The second-order valence-corrected chi connectivity index (χ2v) is 3.61. The highest BCUT2D eigenvalue weighted by Crippen LogP contribution is 2.29. The molecular formula is C13H11F3N2O2. The van der Waals surface area contributed by atoms with Gasteiger partial charge in [0.05, 0.1) is 12.2 Å². The summed E-state index contributed by atoms with van der Waals surface area (Å²) < 4.78 is 41.7. The van der Waals surface area contributed by atoms with Gasteiger partial charge in [0, 0.05) is 11.9 Å². The molecule has 0 unspecified atom stereocenters. The number of carbonyl (C=O) groups excluding carboxylic acids is 1. The fourth-order valence-electron chi connectivity index (χ4n) is 1.26. The normalized spacial score (nSPS) is 11.7. The average Bonchev–Trinajstić information content (AvgIpc) is 2.39. The van der Waals surface area contributed by atoms with Gasteiger partial charge in [-0.25, -0.2) is 4.79 Å². The predicted molar refractivity (Wildman–Crippen MR) is 65.4 cm³/mol. The molecule has 1 N–H and O–H groups in total. The number of hydrogen-bond donors (Lipinski definition) is 1. The summed E-state index contributed by atoms with van der Waals surface area (Å²) in [5.41, 5.74) is -0.736. The molecule has 20 heavy (non-hydrogen) atoms. The van der Waals surface area contributed by atoms with E-state index in [1.54, 1.807) is 13.0 Å². The minimum absolute atomic E-state index is 0.123. The summed E-state index contributed by atoms with van der Waals surface area (Å²) in [7, 11) is 0. The van der Waals surface area contributed by atoms with E-state index in [1.165, 1.54) is 12.1 Å². The quantitative estimate of drug-likeness (QED) is 0.524. The highest BCUT2D eigenvalue weighted by Gasteiger charge is 2.29. The van der Waals surface area contributed by atoms with Crippen molar-refractivity contribution in [3.63, 3.8) is 0 Å². The van der Waals surface area contributed by atoms with Crippen LogP contribution in [0.3, 0.4) is 0 Å². The third kappa shape index (κ3) is 4.31. The van der Waals surface area contributed by atoms with E-state index >= 15 is 0 Å². The number of esters is 1. The van der Waals surface area contributed by atoms with E-state index in [-0.39, 0.29) is 12.2 Å². The Labute approximate surface area is 113 Å². The van der Waals surface area contributed by atoms with Gasteiger partial charge < -0.3 is 10.1 Å². The summed E-state index contributed by atoms with van der Waals surface area (Å²) in [6, 6.07) is 5.82. The Morgan fingerprint density at radius 1 is 1.40 bits per heavy atom. The smallest absolute Gasteiger partial charge is 0.416 e. The van der Waals surface area contributed by atoms with E-state index in [9.17, 15) is 18.0 Å². The van der Waals surface area contributed by atoms with Crippen molar-refractivity contribution in [3.8, 4) is 6.07 Å². The summed E-state index contributed by atoms with van der Waals surface area (Å²) in [6.07, 6.45) is -3.32. The molecule has 0 radical (unpaired) electrons. The lowest BCUT2D eigenvalue weighted by Crippen LogP contribution is -2.08. The molecule has 0 atom stereocenters. The van der Waals surface area contributed by atoms with Gasteiger partial charge in [-0.05, 0) is 31.2 Å². The number of carbonyl (C=O) groups is 1. The minimum Gasteiger partial charge on any atom is -0.462 e. The third-order valence-electron chi connectivity index (χ3n) is 2.21. The maximum Gasteiger partial charge on any atom is 0.416 e. The monoisotopic (exact) mass is 284 g/mol. The van der Waals surface area contributed by atoms with E-state index < -0.39 is 17.7 Å². The highest BCUT2D eigenvalue weighted by atomic mass is 19.4. The second kappa shape index (κ2) is 6.61. The van der Waals surface area contributed by atoms with Gasteiger partial charge in [-0.2, -0.15) is 18.4 Å². The number of benzene rings is 1. The Balaban J connectivity index is 2.79. The molecule has 0 amide bonds. The molecule has 0 fully saturated rings. The van der Waals surface area contributed by atoms with Gasteiger partial charge in [-0.3, -0.25) is 0 Å². The third-order valence-corrected chi connectivity index (χ3v) is 2.21. The molecule has 0 aliphatic rings. The Morgan fingerprint density at radius 2 is 2.00 bits per heavy atom. The van der Waals surface area contributed by atoms with E-state index in [0.29, 0.717) is 5.69 Å². The molecule has 0 saturated carbocycles. The van der Waals surface area contributed by atoms with Crippen LogP contribution >= 0.6 is 0 Å². The van der Waals surface area contributed by atoms with Crippen molar-refractivity contribution in [3.05, 3.63) is 41.6 Å². The molecular weight excluding hydrogens is 273 g/mol.